The lowest BCUT2D eigenvalue weighted by molar-refractivity contribution is -0.124. The number of hydrogen-bond donors (Lipinski definition) is 2. The second-order valence-corrected chi connectivity index (χ2v) is 6.04. The highest BCUT2D eigenvalue weighted by molar-refractivity contribution is 9.10. The molecule has 2 amide bonds. The summed E-state index contributed by atoms with van der Waals surface area (Å²) < 4.78 is 6.02. The molecule has 0 aliphatic heterocycles. The Balaban J connectivity index is 1.71. The van der Waals surface area contributed by atoms with E-state index in [4.69, 9.17) is 4.74 Å². The summed E-state index contributed by atoms with van der Waals surface area (Å²) >= 11 is 3.34. The molecule has 0 unspecified atom stereocenters. The zero-order chi connectivity index (χ0) is 18.1. The molecule has 0 atom stereocenters. The molecule has 0 fully saturated rings. The molecule has 6 nitrogen and oxygen atoms in total. The molecule has 7 heteroatoms. The van der Waals surface area contributed by atoms with Gasteiger partial charge in [-0.15, -0.1) is 0 Å². The summed E-state index contributed by atoms with van der Waals surface area (Å²) in [6, 6.07) is 14.5. The first-order valence-electron chi connectivity index (χ1n) is 7.58. The number of rotatable bonds is 7. The number of carbonyl (C=O) groups is 2. The number of ether oxygens (including phenoxy) is 1. The minimum absolute atomic E-state index is 0.0552. The van der Waals surface area contributed by atoms with Gasteiger partial charge >= 0.3 is 0 Å². The Bertz CT molecular complexity index is 743. The Morgan fingerprint density at radius 3 is 2.32 bits per heavy atom. The molecular weight excluding hydrogens is 386 g/mol. The van der Waals surface area contributed by atoms with Crippen LogP contribution in [0.1, 0.15) is 18.4 Å². The number of nitrogens with one attached hydrogen (secondary N) is 2. The molecular formula is C18H18BrN3O3. The number of hydrazone groups is 1. The van der Waals surface area contributed by atoms with E-state index in [-0.39, 0.29) is 24.7 Å². The van der Waals surface area contributed by atoms with Crippen LogP contribution in [-0.2, 0) is 9.59 Å². The minimum Gasteiger partial charge on any atom is -0.497 e. The van der Waals surface area contributed by atoms with Gasteiger partial charge in [-0.25, -0.2) is 5.43 Å². The van der Waals surface area contributed by atoms with Gasteiger partial charge in [-0.1, -0.05) is 28.1 Å². The average molecular weight is 404 g/mol. The summed E-state index contributed by atoms with van der Waals surface area (Å²) in [5, 5.41) is 6.59. The Morgan fingerprint density at radius 2 is 1.68 bits per heavy atom. The van der Waals surface area contributed by atoms with Crippen LogP contribution in [0.5, 0.6) is 5.75 Å². The van der Waals surface area contributed by atoms with Gasteiger partial charge in [0.1, 0.15) is 5.75 Å². The van der Waals surface area contributed by atoms with Crippen LogP contribution in [0.15, 0.2) is 58.1 Å². The Labute approximate surface area is 154 Å². The van der Waals surface area contributed by atoms with Gasteiger partial charge in [-0.3, -0.25) is 9.59 Å². The van der Waals surface area contributed by atoms with Crippen LogP contribution < -0.4 is 15.5 Å². The fraction of sp³-hybridized carbons (Fsp3) is 0.167. The first-order valence-corrected chi connectivity index (χ1v) is 8.37. The maximum absolute atomic E-state index is 11.8. The molecule has 2 aromatic rings. The van der Waals surface area contributed by atoms with Gasteiger partial charge in [-0.05, 0) is 42.0 Å². The van der Waals surface area contributed by atoms with Crippen LogP contribution in [0.4, 0.5) is 5.69 Å². The van der Waals surface area contributed by atoms with Gasteiger partial charge in [-0.2, -0.15) is 5.10 Å². The number of anilines is 1. The van der Waals surface area contributed by atoms with E-state index in [2.05, 4.69) is 31.8 Å². The number of methoxy groups -OCH3 is 1. The number of nitrogens with zero attached hydrogens (tertiary/aromatic N) is 1. The SMILES string of the molecule is COc1ccc(NC(=O)CCC(=O)N/N=C\c2ccc(Br)cc2)cc1. The molecule has 2 rings (SSSR count). The molecule has 0 aliphatic rings. The molecule has 0 spiro atoms. The van der Waals surface area contributed by atoms with Crippen molar-refractivity contribution in [2.45, 2.75) is 12.8 Å². The monoisotopic (exact) mass is 403 g/mol. The van der Waals surface area contributed by atoms with Crippen molar-refractivity contribution in [3.05, 3.63) is 58.6 Å². The maximum atomic E-state index is 11.8. The van der Waals surface area contributed by atoms with Crippen molar-refractivity contribution < 1.29 is 14.3 Å². The number of hydrogen-bond acceptors (Lipinski definition) is 4. The van der Waals surface area contributed by atoms with Crippen molar-refractivity contribution in [3.63, 3.8) is 0 Å². The lowest BCUT2D eigenvalue weighted by atomic mass is 10.2. The summed E-state index contributed by atoms with van der Waals surface area (Å²) in [7, 11) is 1.57. The quantitative estimate of drug-likeness (QED) is 0.549. The lowest BCUT2D eigenvalue weighted by Gasteiger charge is -2.06. The van der Waals surface area contributed by atoms with E-state index in [0.29, 0.717) is 11.4 Å². The molecule has 0 aliphatic carbocycles. The highest BCUT2D eigenvalue weighted by atomic mass is 79.9. The topological polar surface area (TPSA) is 79.8 Å². The van der Waals surface area contributed by atoms with Gasteiger partial charge in [0, 0.05) is 23.0 Å². The van der Waals surface area contributed by atoms with Crippen LogP contribution in [0, 0.1) is 0 Å². The molecule has 2 aromatic carbocycles. The second-order valence-electron chi connectivity index (χ2n) is 5.12. The number of amides is 2. The van der Waals surface area contributed by atoms with E-state index in [1.165, 1.54) is 0 Å². The summed E-state index contributed by atoms with van der Waals surface area (Å²) in [4.78, 5) is 23.5. The molecule has 25 heavy (non-hydrogen) atoms. The van der Waals surface area contributed by atoms with Gasteiger partial charge in [0.05, 0.1) is 13.3 Å². The van der Waals surface area contributed by atoms with Crippen LogP contribution in [0.2, 0.25) is 0 Å². The Morgan fingerprint density at radius 1 is 1.04 bits per heavy atom. The molecule has 0 radical (unpaired) electrons. The highest BCUT2D eigenvalue weighted by Gasteiger charge is 2.06. The molecule has 2 N–H and O–H groups in total. The fourth-order valence-corrected chi connectivity index (χ4v) is 2.17. The predicted octanol–water partition coefficient (Wildman–Crippen LogP) is 3.33. The van der Waals surface area contributed by atoms with Crippen molar-refractivity contribution in [2.75, 3.05) is 12.4 Å². The van der Waals surface area contributed by atoms with Gasteiger partial charge < -0.3 is 10.1 Å². The molecule has 0 saturated carbocycles. The summed E-state index contributed by atoms with van der Waals surface area (Å²) in [5.41, 5.74) is 3.92. The fourth-order valence-electron chi connectivity index (χ4n) is 1.91. The van der Waals surface area contributed by atoms with Crippen LogP contribution in [0.25, 0.3) is 0 Å². The third-order valence-corrected chi connectivity index (χ3v) is 3.75. The average Bonchev–Trinajstić information content (AvgIpc) is 2.62. The van der Waals surface area contributed by atoms with Crippen molar-refractivity contribution in [1.29, 1.82) is 0 Å². The third-order valence-electron chi connectivity index (χ3n) is 3.23. The highest BCUT2D eigenvalue weighted by Crippen LogP contribution is 2.15. The molecule has 0 bridgehead atoms. The minimum atomic E-state index is -0.321. The maximum Gasteiger partial charge on any atom is 0.240 e. The third kappa shape index (κ3) is 6.76. The molecule has 0 saturated heterocycles. The lowest BCUT2D eigenvalue weighted by Crippen LogP contribution is -2.20. The first kappa shape index (κ1) is 18.7. The largest absolute Gasteiger partial charge is 0.497 e. The van der Waals surface area contributed by atoms with Gasteiger partial charge in [0.2, 0.25) is 11.8 Å². The molecule has 130 valence electrons. The first-order chi connectivity index (χ1) is 12.1. The van der Waals surface area contributed by atoms with E-state index in [1.807, 2.05) is 24.3 Å². The zero-order valence-electron chi connectivity index (χ0n) is 13.7. The Kier molecular flexibility index (Phi) is 7.16. The normalized spacial score (nSPS) is 10.5. The van der Waals surface area contributed by atoms with Crippen molar-refractivity contribution >= 4 is 39.6 Å². The smallest absolute Gasteiger partial charge is 0.240 e. The summed E-state index contributed by atoms with van der Waals surface area (Å²) in [6.45, 7) is 0. The standard InChI is InChI=1S/C18H18BrN3O3/c1-25-16-8-6-15(7-9-16)21-17(23)10-11-18(24)22-20-12-13-2-4-14(19)5-3-13/h2-9,12H,10-11H2,1H3,(H,21,23)(H,22,24)/b20-12-. The predicted molar refractivity (Wildman–Crippen MR) is 101 cm³/mol. The second kappa shape index (κ2) is 9.58. The van der Waals surface area contributed by atoms with E-state index in [1.54, 1.807) is 37.6 Å². The molecule has 0 aromatic heterocycles. The van der Waals surface area contributed by atoms with E-state index in [9.17, 15) is 9.59 Å². The van der Waals surface area contributed by atoms with Gasteiger partial charge in [0.25, 0.3) is 0 Å². The number of benzene rings is 2. The Hall–Kier alpha value is -2.67. The zero-order valence-corrected chi connectivity index (χ0v) is 15.2. The summed E-state index contributed by atoms with van der Waals surface area (Å²) in [6.07, 6.45) is 1.67. The van der Waals surface area contributed by atoms with E-state index >= 15 is 0 Å². The number of carbonyl (C=O) groups excluding carboxylic acids is 2. The van der Waals surface area contributed by atoms with Crippen molar-refractivity contribution in [3.8, 4) is 5.75 Å². The van der Waals surface area contributed by atoms with Crippen molar-refractivity contribution in [1.82, 2.24) is 5.43 Å². The van der Waals surface area contributed by atoms with Crippen LogP contribution in [-0.4, -0.2) is 25.1 Å². The summed E-state index contributed by atoms with van der Waals surface area (Å²) in [5.74, 6) is 0.150. The number of halogens is 1. The van der Waals surface area contributed by atoms with E-state index < -0.39 is 0 Å². The van der Waals surface area contributed by atoms with Crippen LogP contribution >= 0.6 is 15.9 Å². The van der Waals surface area contributed by atoms with Gasteiger partial charge in [0.15, 0.2) is 0 Å². The molecule has 0 heterocycles. The van der Waals surface area contributed by atoms with E-state index in [0.717, 1.165) is 10.0 Å². The van der Waals surface area contributed by atoms with Crippen LogP contribution in [0.3, 0.4) is 0 Å². The van der Waals surface area contributed by atoms with Crippen molar-refractivity contribution in [2.24, 2.45) is 5.10 Å².